The van der Waals surface area contributed by atoms with Crippen LogP contribution in [-0.2, 0) is 0 Å². The minimum absolute atomic E-state index is 0.105. The lowest BCUT2D eigenvalue weighted by molar-refractivity contribution is 0.0951. The van der Waals surface area contributed by atoms with Crippen molar-refractivity contribution in [1.82, 2.24) is 5.43 Å². The Hall–Kier alpha value is -3.93. The van der Waals surface area contributed by atoms with Gasteiger partial charge in [-0.3, -0.25) is 9.59 Å². The number of phenolic OH excluding ortho intramolecular Hbond substituents is 1. The number of nitrogens with one attached hydrogen (secondary N) is 2. The van der Waals surface area contributed by atoms with Crippen molar-refractivity contribution >= 4 is 23.2 Å². The van der Waals surface area contributed by atoms with E-state index < -0.39 is 5.91 Å². The van der Waals surface area contributed by atoms with Crippen LogP contribution in [0.4, 0.5) is 5.69 Å². The molecule has 3 aromatic carbocycles. The number of phenols is 1. The average Bonchev–Trinajstić information content (AvgIpc) is 2.73. The second-order valence-electron chi connectivity index (χ2n) is 6.05. The largest absolute Gasteiger partial charge is 0.507 e. The van der Waals surface area contributed by atoms with Crippen LogP contribution >= 0.6 is 0 Å². The van der Waals surface area contributed by atoms with E-state index in [1.54, 1.807) is 67.6 Å². The number of hydrazone groups is 1. The van der Waals surface area contributed by atoms with E-state index in [1.807, 2.05) is 6.07 Å². The van der Waals surface area contributed by atoms with Crippen LogP contribution in [0.25, 0.3) is 0 Å². The van der Waals surface area contributed by atoms with Crippen molar-refractivity contribution in [3.8, 4) is 5.75 Å². The summed E-state index contributed by atoms with van der Waals surface area (Å²) in [5.74, 6) is -0.788. The van der Waals surface area contributed by atoms with E-state index in [-0.39, 0.29) is 17.2 Å². The predicted molar refractivity (Wildman–Crippen MR) is 109 cm³/mol. The zero-order valence-corrected chi connectivity index (χ0v) is 15.2. The Morgan fingerprint density at radius 2 is 1.43 bits per heavy atom. The number of amides is 2. The molecule has 0 aliphatic heterocycles. The summed E-state index contributed by atoms with van der Waals surface area (Å²) in [5, 5.41) is 16.6. The third kappa shape index (κ3) is 4.62. The Balaban J connectivity index is 1.64. The van der Waals surface area contributed by atoms with Gasteiger partial charge in [-0.15, -0.1) is 0 Å². The normalized spacial score (nSPS) is 11.0. The topological polar surface area (TPSA) is 90.8 Å². The van der Waals surface area contributed by atoms with Crippen molar-refractivity contribution in [2.24, 2.45) is 5.10 Å². The van der Waals surface area contributed by atoms with E-state index >= 15 is 0 Å². The fourth-order valence-corrected chi connectivity index (χ4v) is 2.51. The van der Waals surface area contributed by atoms with Crippen LogP contribution in [0.15, 0.2) is 84.0 Å². The number of benzene rings is 3. The van der Waals surface area contributed by atoms with Gasteiger partial charge in [-0.2, -0.15) is 5.10 Å². The Bertz CT molecular complexity index is 1010. The van der Waals surface area contributed by atoms with E-state index in [0.717, 1.165) is 5.56 Å². The molecule has 0 bridgehead atoms. The van der Waals surface area contributed by atoms with Gasteiger partial charge in [-0.25, -0.2) is 5.43 Å². The fourth-order valence-electron chi connectivity index (χ4n) is 2.51. The highest BCUT2D eigenvalue weighted by Gasteiger charge is 2.10. The summed E-state index contributed by atoms with van der Waals surface area (Å²) in [7, 11) is 0. The molecule has 0 heterocycles. The molecule has 28 heavy (non-hydrogen) atoms. The first-order chi connectivity index (χ1) is 13.5. The number of hydrogen-bond acceptors (Lipinski definition) is 4. The molecule has 6 heteroatoms. The lowest BCUT2D eigenvalue weighted by Crippen LogP contribution is -2.19. The van der Waals surface area contributed by atoms with Crippen LogP contribution in [0.3, 0.4) is 0 Å². The SMILES string of the molecule is CC(=NNC(=O)c1ccccc1O)c1ccc(NC(=O)c2ccccc2)cc1. The molecule has 0 atom stereocenters. The number of anilines is 1. The first-order valence-electron chi connectivity index (χ1n) is 8.64. The number of hydrogen-bond donors (Lipinski definition) is 3. The van der Waals surface area contributed by atoms with E-state index in [4.69, 9.17) is 0 Å². The zero-order chi connectivity index (χ0) is 19.9. The Labute approximate surface area is 162 Å². The maximum Gasteiger partial charge on any atom is 0.275 e. The molecule has 0 saturated carbocycles. The van der Waals surface area contributed by atoms with Gasteiger partial charge in [0.15, 0.2) is 0 Å². The van der Waals surface area contributed by atoms with Gasteiger partial charge in [0.1, 0.15) is 5.75 Å². The number of aromatic hydroxyl groups is 1. The molecule has 0 aliphatic carbocycles. The summed E-state index contributed by atoms with van der Waals surface area (Å²) in [5.41, 5.74) is 5.19. The number of rotatable bonds is 5. The minimum atomic E-state index is -0.496. The van der Waals surface area contributed by atoms with Gasteiger partial charge in [0.25, 0.3) is 11.8 Å². The van der Waals surface area contributed by atoms with Crippen molar-refractivity contribution in [2.45, 2.75) is 6.92 Å². The number of nitrogens with zero attached hydrogens (tertiary/aromatic N) is 1. The predicted octanol–water partition coefficient (Wildman–Crippen LogP) is 3.80. The highest BCUT2D eigenvalue weighted by molar-refractivity contribution is 6.05. The highest BCUT2D eigenvalue weighted by atomic mass is 16.3. The molecule has 3 aromatic rings. The molecule has 0 unspecified atom stereocenters. The third-order valence-electron chi connectivity index (χ3n) is 4.07. The molecular weight excluding hydrogens is 354 g/mol. The van der Waals surface area contributed by atoms with Gasteiger partial charge >= 0.3 is 0 Å². The minimum Gasteiger partial charge on any atom is -0.507 e. The van der Waals surface area contributed by atoms with Crippen LogP contribution in [0, 0.1) is 0 Å². The number of carbonyl (C=O) groups is 2. The second-order valence-corrected chi connectivity index (χ2v) is 6.05. The van der Waals surface area contributed by atoms with Crippen molar-refractivity contribution in [2.75, 3.05) is 5.32 Å². The lowest BCUT2D eigenvalue weighted by atomic mass is 10.1. The quantitative estimate of drug-likeness (QED) is 0.469. The lowest BCUT2D eigenvalue weighted by Gasteiger charge is -2.07. The molecule has 0 saturated heterocycles. The fraction of sp³-hybridized carbons (Fsp3) is 0.0455. The van der Waals surface area contributed by atoms with Gasteiger partial charge in [-0.05, 0) is 48.9 Å². The summed E-state index contributed by atoms with van der Waals surface area (Å²) in [4.78, 5) is 24.3. The third-order valence-corrected chi connectivity index (χ3v) is 4.07. The highest BCUT2D eigenvalue weighted by Crippen LogP contribution is 2.15. The van der Waals surface area contributed by atoms with Crippen molar-refractivity contribution in [1.29, 1.82) is 0 Å². The average molecular weight is 373 g/mol. The van der Waals surface area contributed by atoms with Crippen LogP contribution in [-0.4, -0.2) is 22.6 Å². The van der Waals surface area contributed by atoms with Crippen molar-refractivity contribution in [3.05, 3.63) is 95.6 Å². The summed E-state index contributed by atoms with van der Waals surface area (Å²) >= 11 is 0. The summed E-state index contributed by atoms with van der Waals surface area (Å²) in [6.07, 6.45) is 0. The molecule has 0 aliphatic rings. The molecule has 3 N–H and O–H groups in total. The van der Waals surface area contributed by atoms with E-state index in [0.29, 0.717) is 17.0 Å². The summed E-state index contributed by atoms with van der Waals surface area (Å²) in [6, 6.07) is 22.3. The molecule has 0 aromatic heterocycles. The Kier molecular flexibility index (Phi) is 5.81. The molecule has 3 rings (SSSR count). The maximum absolute atomic E-state index is 12.2. The first kappa shape index (κ1) is 18.8. The van der Waals surface area contributed by atoms with Gasteiger partial charge in [0.2, 0.25) is 0 Å². The number of para-hydroxylation sites is 1. The Morgan fingerprint density at radius 1 is 0.786 bits per heavy atom. The molecule has 2 amide bonds. The number of carbonyl (C=O) groups excluding carboxylic acids is 2. The standard InChI is InChI=1S/C22H19N3O3/c1-15(24-25-22(28)19-9-5-6-10-20(19)26)16-11-13-18(14-12-16)23-21(27)17-7-3-2-4-8-17/h2-14,26H,1H3,(H,23,27)(H,25,28). The van der Waals surface area contributed by atoms with Crippen LogP contribution < -0.4 is 10.7 Å². The summed E-state index contributed by atoms with van der Waals surface area (Å²) in [6.45, 7) is 1.75. The second kappa shape index (κ2) is 8.64. The van der Waals surface area contributed by atoms with E-state index in [9.17, 15) is 14.7 Å². The van der Waals surface area contributed by atoms with Gasteiger partial charge in [-0.1, -0.05) is 42.5 Å². The van der Waals surface area contributed by atoms with Gasteiger partial charge in [0, 0.05) is 11.3 Å². The summed E-state index contributed by atoms with van der Waals surface area (Å²) < 4.78 is 0. The molecular formula is C22H19N3O3. The van der Waals surface area contributed by atoms with Gasteiger partial charge < -0.3 is 10.4 Å². The molecule has 0 spiro atoms. The molecule has 0 fully saturated rings. The smallest absolute Gasteiger partial charge is 0.275 e. The van der Waals surface area contributed by atoms with E-state index in [1.165, 1.54) is 12.1 Å². The maximum atomic E-state index is 12.2. The van der Waals surface area contributed by atoms with Crippen LogP contribution in [0.5, 0.6) is 5.75 Å². The zero-order valence-electron chi connectivity index (χ0n) is 15.2. The first-order valence-corrected chi connectivity index (χ1v) is 8.64. The van der Waals surface area contributed by atoms with Crippen LogP contribution in [0.1, 0.15) is 33.2 Å². The monoisotopic (exact) mass is 373 g/mol. The van der Waals surface area contributed by atoms with Crippen LogP contribution in [0.2, 0.25) is 0 Å². The van der Waals surface area contributed by atoms with E-state index in [2.05, 4.69) is 15.8 Å². The van der Waals surface area contributed by atoms with Crippen molar-refractivity contribution < 1.29 is 14.7 Å². The molecule has 6 nitrogen and oxygen atoms in total. The Morgan fingerprint density at radius 3 is 2.11 bits per heavy atom. The van der Waals surface area contributed by atoms with Crippen molar-refractivity contribution in [3.63, 3.8) is 0 Å². The van der Waals surface area contributed by atoms with Gasteiger partial charge in [0.05, 0.1) is 11.3 Å². The molecule has 0 radical (unpaired) electrons. The molecule has 140 valence electrons.